The summed E-state index contributed by atoms with van der Waals surface area (Å²) in [6.07, 6.45) is 8.80. The van der Waals surface area contributed by atoms with E-state index in [-0.39, 0.29) is 0 Å². The summed E-state index contributed by atoms with van der Waals surface area (Å²) in [5.74, 6) is 2.26. The normalized spacial score (nSPS) is 11.0. The van der Waals surface area contributed by atoms with Crippen molar-refractivity contribution in [2.75, 3.05) is 17.7 Å². The first-order valence-corrected chi connectivity index (χ1v) is 10.2. The minimum atomic E-state index is 0.445. The van der Waals surface area contributed by atoms with Gasteiger partial charge in [0.25, 0.3) is 5.88 Å². The third kappa shape index (κ3) is 3.91. The highest BCUT2D eigenvalue weighted by Gasteiger charge is 2.16. The SMILES string of the molecule is COc1nn(C)cc1Nc1ncc(C)c(-c2c[nH]c3c(Nc4cc(C)ncn4)nccc23)n1. The van der Waals surface area contributed by atoms with Crippen LogP contribution in [-0.4, -0.2) is 46.8 Å². The van der Waals surface area contributed by atoms with Crippen LogP contribution in [0.4, 0.5) is 23.3 Å². The Morgan fingerprint density at radius 3 is 2.79 bits per heavy atom. The Morgan fingerprint density at radius 1 is 1.09 bits per heavy atom. The van der Waals surface area contributed by atoms with Crippen molar-refractivity contribution in [2.24, 2.45) is 7.05 Å². The van der Waals surface area contributed by atoms with Crippen LogP contribution in [0.2, 0.25) is 0 Å². The van der Waals surface area contributed by atoms with Gasteiger partial charge in [0, 0.05) is 48.3 Å². The summed E-state index contributed by atoms with van der Waals surface area (Å²) < 4.78 is 6.98. The number of aromatic amines is 1. The maximum atomic E-state index is 5.31. The molecule has 0 saturated carbocycles. The van der Waals surface area contributed by atoms with Crippen LogP contribution in [-0.2, 0) is 7.05 Å². The molecule has 5 aromatic rings. The van der Waals surface area contributed by atoms with Crippen LogP contribution in [0.25, 0.3) is 22.2 Å². The molecule has 5 heterocycles. The molecule has 0 aliphatic carbocycles. The molecule has 11 nitrogen and oxygen atoms in total. The van der Waals surface area contributed by atoms with Gasteiger partial charge in [-0.15, -0.1) is 5.10 Å². The Hall–Kier alpha value is -4.54. The van der Waals surface area contributed by atoms with Gasteiger partial charge in [-0.25, -0.2) is 24.9 Å². The molecule has 11 heteroatoms. The van der Waals surface area contributed by atoms with E-state index in [2.05, 4.69) is 40.7 Å². The van der Waals surface area contributed by atoms with Crippen molar-refractivity contribution in [3.8, 4) is 17.1 Å². The van der Waals surface area contributed by atoms with Gasteiger partial charge in [-0.05, 0) is 25.5 Å². The Bertz CT molecular complexity index is 1460. The largest absolute Gasteiger partial charge is 0.478 e. The monoisotopic (exact) mass is 442 g/mol. The van der Waals surface area contributed by atoms with Crippen LogP contribution in [0.3, 0.4) is 0 Å². The number of aromatic nitrogens is 8. The van der Waals surface area contributed by atoms with Gasteiger partial charge in [-0.2, -0.15) is 0 Å². The minimum absolute atomic E-state index is 0.445. The number of anilines is 4. The van der Waals surface area contributed by atoms with E-state index in [4.69, 9.17) is 9.72 Å². The summed E-state index contributed by atoms with van der Waals surface area (Å²) in [7, 11) is 3.40. The highest BCUT2D eigenvalue weighted by atomic mass is 16.5. The minimum Gasteiger partial charge on any atom is -0.478 e. The Balaban J connectivity index is 1.52. The molecule has 0 radical (unpaired) electrons. The van der Waals surface area contributed by atoms with Crippen molar-refractivity contribution in [1.29, 1.82) is 0 Å². The van der Waals surface area contributed by atoms with Crippen molar-refractivity contribution < 1.29 is 4.74 Å². The van der Waals surface area contributed by atoms with Gasteiger partial charge in [0.05, 0.1) is 24.5 Å². The first-order chi connectivity index (χ1) is 16.0. The van der Waals surface area contributed by atoms with Crippen LogP contribution >= 0.6 is 0 Å². The number of nitrogens with zero attached hydrogens (tertiary/aromatic N) is 7. The third-order valence-corrected chi connectivity index (χ3v) is 5.11. The van der Waals surface area contributed by atoms with E-state index >= 15 is 0 Å². The van der Waals surface area contributed by atoms with Crippen LogP contribution in [0, 0.1) is 13.8 Å². The molecule has 0 unspecified atom stereocenters. The Morgan fingerprint density at radius 2 is 1.97 bits per heavy atom. The van der Waals surface area contributed by atoms with Gasteiger partial charge >= 0.3 is 0 Å². The molecular weight excluding hydrogens is 420 g/mol. The molecule has 0 saturated heterocycles. The maximum Gasteiger partial charge on any atom is 0.256 e. The standard InChI is InChI=1S/C22H22N10O/c1-12-8-25-22(28-16-10-32(3)31-21(16)33-4)30-18(12)15-9-24-19-14(15)5-6-23-20(19)29-17-7-13(2)26-11-27-17/h5-11,24H,1-4H3,(H,25,28,30)(H,23,26,27,29). The first kappa shape index (κ1) is 20.4. The molecule has 166 valence electrons. The zero-order valence-corrected chi connectivity index (χ0v) is 18.6. The summed E-state index contributed by atoms with van der Waals surface area (Å²) in [4.78, 5) is 25.4. The molecule has 0 amide bonds. The van der Waals surface area contributed by atoms with E-state index in [9.17, 15) is 0 Å². The number of hydrogen-bond acceptors (Lipinski definition) is 9. The van der Waals surface area contributed by atoms with Crippen LogP contribution in [0.15, 0.2) is 43.2 Å². The number of pyridine rings is 1. The molecule has 0 spiro atoms. The molecule has 33 heavy (non-hydrogen) atoms. The van der Waals surface area contributed by atoms with Crippen LogP contribution < -0.4 is 15.4 Å². The molecule has 0 aliphatic rings. The van der Waals surface area contributed by atoms with E-state index in [0.29, 0.717) is 29.2 Å². The number of ether oxygens (including phenoxy) is 1. The van der Waals surface area contributed by atoms with E-state index in [0.717, 1.165) is 33.4 Å². The summed E-state index contributed by atoms with van der Waals surface area (Å²) in [5, 5.41) is 11.7. The number of rotatable bonds is 6. The second kappa shape index (κ2) is 8.19. The van der Waals surface area contributed by atoms with Gasteiger partial charge in [0.15, 0.2) is 5.82 Å². The van der Waals surface area contributed by atoms with Gasteiger partial charge in [-0.1, -0.05) is 0 Å². The zero-order chi connectivity index (χ0) is 22.9. The molecular formula is C22H22N10O. The van der Waals surface area contributed by atoms with Crippen molar-refractivity contribution in [3.63, 3.8) is 0 Å². The molecule has 0 atom stereocenters. The maximum absolute atomic E-state index is 5.31. The topological polar surface area (TPSA) is 131 Å². The Kier molecular flexibility index (Phi) is 5.05. The molecule has 0 aliphatic heterocycles. The molecule has 5 rings (SSSR count). The molecule has 3 N–H and O–H groups in total. The fourth-order valence-electron chi connectivity index (χ4n) is 3.59. The summed E-state index contributed by atoms with van der Waals surface area (Å²) >= 11 is 0. The Labute approximate surface area is 189 Å². The number of nitrogens with one attached hydrogen (secondary N) is 3. The van der Waals surface area contributed by atoms with E-state index in [1.807, 2.05) is 45.4 Å². The van der Waals surface area contributed by atoms with Crippen molar-refractivity contribution in [2.45, 2.75) is 13.8 Å². The molecule has 0 aromatic carbocycles. The van der Waals surface area contributed by atoms with Gasteiger partial charge < -0.3 is 20.4 Å². The summed E-state index contributed by atoms with van der Waals surface area (Å²) in [6, 6.07) is 3.82. The second-order valence-electron chi connectivity index (χ2n) is 7.53. The highest BCUT2D eigenvalue weighted by Crippen LogP contribution is 2.33. The fourth-order valence-corrected chi connectivity index (χ4v) is 3.59. The summed E-state index contributed by atoms with van der Waals surface area (Å²) in [5.41, 5.74) is 5.09. The van der Waals surface area contributed by atoms with E-state index in [1.54, 1.807) is 24.2 Å². The van der Waals surface area contributed by atoms with Crippen molar-refractivity contribution >= 4 is 34.2 Å². The number of aryl methyl sites for hydroxylation is 3. The van der Waals surface area contributed by atoms with Gasteiger partial charge in [-0.3, -0.25) is 4.68 Å². The van der Waals surface area contributed by atoms with Crippen molar-refractivity contribution in [3.05, 3.63) is 54.5 Å². The second-order valence-corrected chi connectivity index (χ2v) is 7.53. The highest BCUT2D eigenvalue weighted by molar-refractivity contribution is 6.00. The quantitative estimate of drug-likeness (QED) is 0.360. The number of H-pyrrole nitrogens is 1. The lowest BCUT2D eigenvalue weighted by atomic mass is 10.1. The van der Waals surface area contributed by atoms with Crippen LogP contribution in [0.1, 0.15) is 11.3 Å². The lowest BCUT2D eigenvalue weighted by Gasteiger charge is -2.09. The first-order valence-electron chi connectivity index (χ1n) is 10.2. The van der Waals surface area contributed by atoms with E-state index in [1.165, 1.54) is 6.33 Å². The smallest absolute Gasteiger partial charge is 0.256 e. The number of hydrogen-bond donors (Lipinski definition) is 3. The van der Waals surface area contributed by atoms with Crippen molar-refractivity contribution in [1.82, 2.24) is 39.7 Å². The molecule has 0 fully saturated rings. The molecule has 5 aromatic heterocycles. The van der Waals surface area contributed by atoms with E-state index < -0.39 is 0 Å². The third-order valence-electron chi connectivity index (χ3n) is 5.11. The average molecular weight is 442 g/mol. The average Bonchev–Trinajstić information content (AvgIpc) is 3.38. The lowest BCUT2D eigenvalue weighted by Crippen LogP contribution is -2.00. The predicted molar refractivity (Wildman–Crippen MR) is 125 cm³/mol. The lowest BCUT2D eigenvalue weighted by molar-refractivity contribution is 0.393. The van der Waals surface area contributed by atoms with Crippen LogP contribution in [0.5, 0.6) is 5.88 Å². The number of methoxy groups -OCH3 is 1. The molecule has 0 bridgehead atoms. The predicted octanol–water partition coefficient (Wildman–Crippen LogP) is 3.66. The number of fused-ring (bicyclic) bond motifs is 1. The van der Waals surface area contributed by atoms with Gasteiger partial charge in [0.2, 0.25) is 5.95 Å². The fraction of sp³-hybridized carbons (Fsp3) is 0.182. The van der Waals surface area contributed by atoms with Gasteiger partial charge in [0.1, 0.15) is 17.8 Å². The summed E-state index contributed by atoms with van der Waals surface area (Å²) in [6.45, 7) is 3.89. The zero-order valence-electron chi connectivity index (χ0n) is 18.6.